The van der Waals surface area contributed by atoms with Crippen LogP contribution in [-0.2, 0) is 10.8 Å². The van der Waals surface area contributed by atoms with E-state index in [9.17, 15) is 0 Å². The Morgan fingerprint density at radius 3 is 1.72 bits per heavy atom. The lowest BCUT2D eigenvalue weighted by atomic mass is 9.66. The molecule has 0 saturated carbocycles. The van der Waals surface area contributed by atoms with Gasteiger partial charge in [-0.2, -0.15) is 0 Å². The van der Waals surface area contributed by atoms with Crippen LogP contribution in [0.25, 0.3) is 42.4 Å². The molecule has 1 aromatic heterocycles. The van der Waals surface area contributed by atoms with Crippen molar-refractivity contribution < 1.29 is 0 Å². The van der Waals surface area contributed by atoms with Gasteiger partial charge in [0.05, 0.1) is 11.1 Å². The zero-order valence-electron chi connectivity index (χ0n) is 30.3. The molecule has 0 amide bonds. The average molecular weight is 708 g/mol. The molecule has 2 aliphatic rings. The van der Waals surface area contributed by atoms with E-state index in [4.69, 9.17) is 0 Å². The fourth-order valence-corrected chi connectivity index (χ4v) is 11.0. The van der Waals surface area contributed by atoms with Crippen molar-refractivity contribution in [2.24, 2.45) is 0 Å². The van der Waals surface area contributed by atoms with E-state index in [1.165, 1.54) is 81.5 Å². The number of anilines is 3. The molecule has 0 spiro atoms. The fraction of sp³-hybridized carbons (Fsp3) is 0.0769. The molecule has 2 heteroatoms. The Morgan fingerprint density at radius 1 is 0.426 bits per heavy atom. The van der Waals surface area contributed by atoms with Crippen molar-refractivity contribution >= 4 is 48.6 Å². The normalized spacial score (nSPS) is 14.4. The Hall–Kier alpha value is -6.22. The van der Waals surface area contributed by atoms with Gasteiger partial charge in [-0.25, -0.2) is 0 Å². The Bertz CT molecular complexity index is 2870. The van der Waals surface area contributed by atoms with E-state index in [2.05, 4.69) is 207 Å². The second-order valence-electron chi connectivity index (χ2n) is 15.2. The summed E-state index contributed by atoms with van der Waals surface area (Å²) in [5.74, 6) is 0. The van der Waals surface area contributed by atoms with Crippen molar-refractivity contribution in [2.75, 3.05) is 4.90 Å². The average Bonchev–Trinajstić information content (AvgIpc) is 3.83. The lowest BCUT2D eigenvalue weighted by molar-refractivity contribution is 0.660. The largest absolute Gasteiger partial charge is 0.310 e. The Labute approximate surface area is 320 Å². The molecule has 1 nitrogen and oxygen atoms in total. The summed E-state index contributed by atoms with van der Waals surface area (Å²) in [6, 6.07) is 70.0. The molecule has 1 heterocycles. The molecule has 0 bridgehead atoms. The first kappa shape index (κ1) is 31.3. The molecule has 0 saturated heterocycles. The first-order chi connectivity index (χ1) is 26.6. The van der Waals surface area contributed by atoms with Crippen LogP contribution in [0.5, 0.6) is 0 Å². The predicted octanol–water partition coefficient (Wildman–Crippen LogP) is 14.2. The SMILES string of the molecule is CC1(C)c2ccccc2-c2c(N(c3ccccc3)c3ccc4c(c3)sc3cccc(C5(c6ccccc6)c6ccccc6-c6ccccc65)c34)cccc21. The third kappa shape index (κ3) is 4.20. The number of rotatable bonds is 5. The molecule has 11 rings (SSSR count). The van der Waals surface area contributed by atoms with Gasteiger partial charge in [-0.15, -0.1) is 11.3 Å². The van der Waals surface area contributed by atoms with Gasteiger partial charge in [-0.3, -0.25) is 0 Å². The molecule has 9 aromatic rings. The van der Waals surface area contributed by atoms with Gasteiger partial charge in [0.1, 0.15) is 0 Å². The van der Waals surface area contributed by atoms with Crippen LogP contribution in [0.1, 0.15) is 47.2 Å². The Morgan fingerprint density at radius 2 is 1.00 bits per heavy atom. The quantitative estimate of drug-likeness (QED) is 0.172. The molecule has 0 unspecified atom stereocenters. The molecule has 0 atom stereocenters. The van der Waals surface area contributed by atoms with Gasteiger partial charge in [0.25, 0.3) is 0 Å². The van der Waals surface area contributed by atoms with Gasteiger partial charge < -0.3 is 4.90 Å². The lowest BCUT2D eigenvalue weighted by Crippen LogP contribution is -2.28. The second-order valence-corrected chi connectivity index (χ2v) is 16.3. The minimum Gasteiger partial charge on any atom is -0.310 e. The number of thiophene rings is 1. The van der Waals surface area contributed by atoms with E-state index in [0.717, 1.165) is 11.4 Å². The molecule has 256 valence electrons. The van der Waals surface area contributed by atoms with Crippen LogP contribution < -0.4 is 4.90 Å². The molecule has 0 radical (unpaired) electrons. The maximum absolute atomic E-state index is 2.47. The van der Waals surface area contributed by atoms with Crippen LogP contribution in [0.3, 0.4) is 0 Å². The highest BCUT2D eigenvalue weighted by molar-refractivity contribution is 7.25. The topological polar surface area (TPSA) is 3.24 Å². The van der Waals surface area contributed by atoms with E-state index in [1.807, 2.05) is 11.3 Å². The molecule has 8 aromatic carbocycles. The number of hydrogen-bond acceptors (Lipinski definition) is 2. The van der Waals surface area contributed by atoms with Crippen molar-refractivity contribution in [3.8, 4) is 22.3 Å². The summed E-state index contributed by atoms with van der Waals surface area (Å²) >= 11 is 1.90. The van der Waals surface area contributed by atoms with Crippen molar-refractivity contribution in [1.29, 1.82) is 0 Å². The summed E-state index contributed by atoms with van der Waals surface area (Å²) < 4.78 is 2.59. The second kappa shape index (κ2) is 11.6. The Balaban J connectivity index is 1.17. The smallest absolute Gasteiger partial charge is 0.0720 e. The highest BCUT2D eigenvalue weighted by atomic mass is 32.1. The van der Waals surface area contributed by atoms with E-state index >= 15 is 0 Å². The number of para-hydroxylation sites is 1. The summed E-state index contributed by atoms with van der Waals surface area (Å²) in [7, 11) is 0. The standard InChI is InChI=1S/C52H37NS/c1-51(2)41-24-12-11-23-39(41)49-44(51)27-15-29-46(49)53(35-19-7-4-8-20-35)36-31-32-40-48(33-36)54-47-30-16-28-45(50(40)47)52(34-17-5-3-6-18-34)42-25-13-9-21-37(42)38-22-10-14-26-43(38)52/h3-33H,1-2H3. The summed E-state index contributed by atoms with van der Waals surface area (Å²) in [6.45, 7) is 4.72. The highest BCUT2D eigenvalue weighted by Gasteiger charge is 2.47. The number of benzene rings is 8. The van der Waals surface area contributed by atoms with Crippen LogP contribution in [0.2, 0.25) is 0 Å². The first-order valence-corrected chi connectivity index (χ1v) is 19.7. The van der Waals surface area contributed by atoms with Crippen molar-refractivity contribution in [1.82, 2.24) is 0 Å². The molecular weight excluding hydrogens is 671 g/mol. The van der Waals surface area contributed by atoms with Gasteiger partial charge in [-0.05, 0) is 86.5 Å². The fourth-order valence-electron chi connectivity index (χ4n) is 9.87. The third-order valence-corrected chi connectivity index (χ3v) is 13.3. The summed E-state index contributed by atoms with van der Waals surface area (Å²) in [6.07, 6.45) is 0. The van der Waals surface area contributed by atoms with Gasteiger partial charge in [0.2, 0.25) is 0 Å². The minimum absolute atomic E-state index is 0.0810. The maximum Gasteiger partial charge on any atom is 0.0720 e. The van der Waals surface area contributed by atoms with E-state index < -0.39 is 5.41 Å². The number of hydrogen-bond donors (Lipinski definition) is 0. The van der Waals surface area contributed by atoms with Gasteiger partial charge in [0.15, 0.2) is 0 Å². The summed E-state index contributed by atoms with van der Waals surface area (Å²) in [4.78, 5) is 2.47. The monoisotopic (exact) mass is 707 g/mol. The van der Waals surface area contributed by atoms with Crippen molar-refractivity contribution in [3.63, 3.8) is 0 Å². The molecule has 0 N–H and O–H groups in total. The molecule has 54 heavy (non-hydrogen) atoms. The molecule has 0 aliphatic heterocycles. The third-order valence-electron chi connectivity index (χ3n) is 12.1. The Kier molecular flexibility index (Phi) is 6.75. The van der Waals surface area contributed by atoms with E-state index in [0.29, 0.717) is 0 Å². The molecular formula is C52H37NS. The van der Waals surface area contributed by atoms with E-state index in [-0.39, 0.29) is 5.41 Å². The van der Waals surface area contributed by atoms with Crippen molar-refractivity contribution in [2.45, 2.75) is 24.7 Å². The van der Waals surface area contributed by atoms with Crippen LogP contribution in [0.15, 0.2) is 188 Å². The van der Waals surface area contributed by atoms with Gasteiger partial charge >= 0.3 is 0 Å². The number of nitrogens with zero attached hydrogens (tertiary/aromatic N) is 1. The number of fused-ring (bicyclic) bond motifs is 9. The van der Waals surface area contributed by atoms with E-state index in [1.54, 1.807) is 0 Å². The predicted molar refractivity (Wildman–Crippen MR) is 229 cm³/mol. The molecule has 2 aliphatic carbocycles. The summed E-state index contributed by atoms with van der Waals surface area (Å²) in [5, 5.41) is 2.63. The maximum atomic E-state index is 2.47. The van der Waals surface area contributed by atoms with Crippen LogP contribution in [0.4, 0.5) is 17.1 Å². The first-order valence-electron chi connectivity index (χ1n) is 18.9. The van der Waals surface area contributed by atoms with Gasteiger partial charge in [-0.1, -0.05) is 166 Å². The van der Waals surface area contributed by atoms with Crippen LogP contribution >= 0.6 is 11.3 Å². The van der Waals surface area contributed by atoms with Crippen LogP contribution in [0, 0.1) is 0 Å². The molecule has 0 fully saturated rings. The summed E-state index contributed by atoms with van der Waals surface area (Å²) in [5.41, 5.74) is 16.3. The lowest BCUT2D eigenvalue weighted by Gasteiger charge is -2.34. The zero-order chi connectivity index (χ0) is 36.0. The van der Waals surface area contributed by atoms with Crippen LogP contribution in [-0.4, -0.2) is 0 Å². The zero-order valence-corrected chi connectivity index (χ0v) is 31.1. The highest BCUT2D eigenvalue weighted by Crippen LogP contribution is 2.59. The van der Waals surface area contributed by atoms with Crippen molar-refractivity contribution in [3.05, 3.63) is 221 Å². The minimum atomic E-state index is -0.457. The van der Waals surface area contributed by atoms with Gasteiger partial charge in [0, 0.05) is 42.5 Å².